The molecule has 1 aliphatic carbocycles. The first-order chi connectivity index (χ1) is 10.1. The molecule has 3 rings (SSSR count). The molecule has 21 heavy (non-hydrogen) atoms. The summed E-state index contributed by atoms with van der Waals surface area (Å²) < 4.78 is 0. The van der Waals surface area contributed by atoms with Gasteiger partial charge in [0.2, 0.25) is 5.91 Å². The van der Waals surface area contributed by atoms with Crippen molar-refractivity contribution in [2.75, 3.05) is 13.1 Å². The van der Waals surface area contributed by atoms with Gasteiger partial charge < -0.3 is 10.2 Å². The number of hydrogen-bond donors (Lipinski definition) is 1. The standard InChI is InChI=1S/C17H23ClN2O/c1-12-2-3-13(10-16(12)18)11-19-15-6-8-20(9-7-15)17(21)14-4-5-14/h2-3,10,14-15,19H,4-9,11H2,1H3. The van der Waals surface area contributed by atoms with Crippen LogP contribution in [0.3, 0.4) is 0 Å². The lowest BCUT2D eigenvalue weighted by atomic mass is 10.0. The van der Waals surface area contributed by atoms with Gasteiger partial charge in [-0.1, -0.05) is 23.7 Å². The van der Waals surface area contributed by atoms with E-state index in [1.165, 1.54) is 5.56 Å². The van der Waals surface area contributed by atoms with Crippen molar-refractivity contribution < 1.29 is 4.79 Å². The lowest BCUT2D eigenvalue weighted by molar-refractivity contribution is -0.133. The highest BCUT2D eigenvalue weighted by molar-refractivity contribution is 6.31. The summed E-state index contributed by atoms with van der Waals surface area (Å²) in [6, 6.07) is 6.74. The number of rotatable bonds is 4. The van der Waals surface area contributed by atoms with Gasteiger partial charge in [0, 0.05) is 36.6 Å². The Bertz CT molecular complexity index is 520. The van der Waals surface area contributed by atoms with Gasteiger partial charge in [0.05, 0.1) is 0 Å². The Balaban J connectivity index is 1.44. The molecule has 0 spiro atoms. The lowest BCUT2D eigenvalue weighted by Crippen LogP contribution is -2.45. The molecule has 1 saturated carbocycles. The molecule has 1 aliphatic heterocycles. The molecule has 114 valence electrons. The Kier molecular flexibility index (Phi) is 4.51. The molecule has 1 heterocycles. The van der Waals surface area contributed by atoms with Crippen LogP contribution >= 0.6 is 11.6 Å². The number of carbonyl (C=O) groups excluding carboxylic acids is 1. The molecule has 1 aromatic carbocycles. The van der Waals surface area contributed by atoms with Crippen LogP contribution in [0.15, 0.2) is 18.2 Å². The summed E-state index contributed by atoms with van der Waals surface area (Å²) in [5.74, 6) is 0.739. The number of piperidine rings is 1. The number of hydrogen-bond acceptors (Lipinski definition) is 2. The Labute approximate surface area is 131 Å². The van der Waals surface area contributed by atoms with Crippen molar-refractivity contribution in [1.29, 1.82) is 0 Å². The summed E-state index contributed by atoms with van der Waals surface area (Å²) >= 11 is 6.15. The van der Waals surface area contributed by atoms with Gasteiger partial charge in [-0.2, -0.15) is 0 Å². The van der Waals surface area contributed by atoms with Crippen LogP contribution in [0.5, 0.6) is 0 Å². The summed E-state index contributed by atoms with van der Waals surface area (Å²) in [6.45, 7) is 4.68. The summed E-state index contributed by atoms with van der Waals surface area (Å²) in [4.78, 5) is 14.1. The number of nitrogens with one attached hydrogen (secondary N) is 1. The minimum atomic E-state index is 0.351. The SMILES string of the molecule is Cc1ccc(CNC2CCN(C(=O)C3CC3)CC2)cc1Cl. The number of halogens is 1. The van der Waals surface area contributed by atoms with E-state index in [0.717, 1.165) is 55.9 Å². The van der Waals surface area contributed by atoms with Crippen LogP contribution in [0.1, 0.15) is 36.8 Å². The third-order valence-corrected chi connectivity index (χ3v) is 4.97. The zero-order chi connectivity index (χ0) is 14.8. The first-order valence-electron chi connectivity index (χ1n) is 7.90. The van der Waals surface area contributed by atoms with Gasteiger partial charge in [-0.05, 0) is 49.8 Å². The smallest absolute Gasteiger partial charge is 0.225 e. The predicted octanol–water partition coefficient (Wildman–Crippen LogP) is 3.14. The van der Waals surface area contributed by atoms with Crippen molar-refractivity contribution in [3.63, 3.8) is 0 Å². The van der Waals surface area contributed by atoms with Crippen molar-refractivity contribution in [1.82, 2.24) is 10.2 Å². The van der Waals surface area contributed by atoms with Crippen LogP contribution in [0.2, 0.25) is 5.02 Å². The molecular weight excluding hydrogens is 284 g/mol. The van der Waals surface area contributed by atoms with E-state index in [9.17, 15) is 4.79 Å². The highest BCUT2D eigenvalue weighted by Gasteiger charge is 2.34. The normalized spacial score (nSPS) is 19.8. The van der Waals surface area contributed by atoms with Crippen molar-refractivity contribution >= 4 is 17.5 Å². The molecule has 1 aromatic rings. The highest BCUT2D eigenvalue weighted by atomic mass is 35.5. The summed E-state index contributed by atoms with van der Waals surface area (Å²) in [5.41, 5.74) is 2.34. The van der Waals surface area contributed by atoms with E-state index in [-0.39, 0.29) is 0 Å². The third-order valence-electron chi connectivity index (χ3n) is 4.56. The fraction of sp³-hybridized carbons (Fsp3) is 0.588. The molecule has 0 radical (unpaired) electrons. The molecule has 1 amide bonds. The second-order valence-electron chi connectivity index (χ2n) is 6.34. The van der Waals surface area contributed by atoms with E-state index in [1.54, 1.807) is 0 Å². The second-order valence-corrected chi connectivity index (χ2v) is 6.75. The quantitative estimate of drug-likeness (QED) is 0.927. The topological polar surface area (TPSA) is 32.3 Å². The largest absolute Gasteiger partial charge is 0.342 e. The van der Waals surface area contributed by atoms with Crippen molar-refractivity contribution in [3.8, 4) is 0 Å². The molecule has 0 aromatic heterocycles. The van der Waals surface area contributed by atoms with Gasteiger partial charge in [0.1, 0.15) is 0 Å². The van der Waals surface area contributed by atoms with Gasteiger partial charge in [0.15, 0.2) is 0 Å². The number of aryl methyl sites for hydroxylation is 1. The summed E-state index contributed by atoms with van der Waals surface area (Å²) in [6.07, 6.45) is 4.31. The molecule has 0 unspecified atom stereocenters. The first-order valence-corrected chi connectivity index (χ1v) is 8.28. The van der Waals surface area contributed by atoms with E-state index in [2.05, 4.69) is 22.3 Å². The average Bonchev–Trinajstić information content (AvgIpc) is 3.33. The van der Waals surface area contributed by atoms with Crippen LogP contribution in [0, 0.1) is 12.8 Å². The molecule has 0 atom stereocenters. The van der Waals surface area contributed by atoms with Gasteiger partial charge >= 0.3 is 0 Å². The summed E-state index contributed by atoms with van der Waals surface area (Å²) in [5, 5.41) is 4.42. The summed E-state index contributed by atoms with van der Waals surface area (Å²) in [7, 11) is 0. The van der Waals surface area contributed by atoms with Gasteiger partial charge in [-0.3, -0.25) is 4.79 Å². The molecular formula is C17H23ClN2O. The molecule has 0 bridgehead atoms. The van der Waals surface area contributed by atoms with Crippen LogP contribution in [0.4, 0.5) is 0 Å². The van der Waals surface area contributed by atoms with E-state index < -0.39 is 0 Å². The number of amides is 1. The molecule has 4 heteroatoms. The predicted molar refractivity (Wildman–Crippen MR) is 85.4 cm³/mol. The average molecular weight is 307 g/mol. The Hall–Kier alpha value is -1.06. The fourth-order valence-electron chi connectivity index (χ4n) is 2.90. The van der Waals surface area contributed by atoms with E-state index in [0.29, 0.717) is 17.9 Å². The van der Waals surface area contributed by atoms with Crippen LogP contribution < -0.4 is 5.32 Å². The van der Waals surface area contributed by atoms with E-state index in [1.807, 2.05) is 13.0 Å². The molecule has 3 nitrogen and oxygen atoms in total. The maximum Gasteiger partial charge on any atom is 0.225 e. The first kappa shape index (κ1) is 14.9. The molecule has 1 N–H and O–H groups in total. The zero-order valence-electron chi connectivity index (χ0n) is 12.6. The molecule has 1 saturated heterocycles. The Morgan fingerprint density at radius 1 is 1.29 bits per heavy atom. The van der Waals surface area contributed by atoms with Crippen molar-refractivity contribution in [2.24, 2.45) is 5.92 Å². The van der Waals surface area contributed by atoms with E-state index in [4.69, 9.17) is 11.6 Å². The Morgan fingerprint density at radius 3 is 2.62 bits per heavy atom. The minimum Gasteiger partial charge on any atom is -0.342 e. The van der Waals surface area contributed by atoms with Crippen LogP contribution in [-0.2, 0) is 11.3 Å². The minimum absolute atomic E-state index is 0.351. The van der Waals surface area contributed by atoms with Gasteiger partial charge in [-0.15, -0.1) is 0 Å². The molecule has 2 aliphatic rings. The Morgan fingerprint density at radius 2 is 2.00 bits per heavy atom. The molecule has 2 fully saturated rings. The highest BCUT2D eigenvalue weighted by Crippen LogP contribution is 2.31. The maximum absolute atomic E-state index is 12.0. The monoisotopic (exact) mass is 306 g/mol. The lowest BCUT2D eigenvalue weighted by Gasteiger charge is -2.32. The zero-order valence-corrected chi connectivity index (χ0v) is 13.3. The third kappa shape index (κ3) is 3.78. The van der Waals surface area contributed by atoms with Gasteiger partial charge in [-0.25, -0.2) is 0 Å². The van der Waals surface area contributed by atoms with E-state index >= 15 is 0 Å². The number of carbonyl (C=O) groups is 1. The van der Waals surface area contributed by atoms with Crippen LogP contribution in [0.25, 0.3) is 0 Å². The maximum atomic E-state index is 12.0. The number of likely N-dealkylation sites (tertiary alicyclic amines) is 1. The number of benzene rings is 1. The fourth-order valence-corrected chi connectivity index (χ4v) is 3.10. The van der Waals surface area contributed by atoms with Crippen LogP contribution in [-0.4, -0.2) is 29.9 Å². The van der Waals surface area contributed by atoms with Crippen molar-refractivity contribution in [2.45, 2.75) is 45.2 Å². The van der Waals surface area contributed by atoms with Gasteiger partial charge in [0.25, 0.3) is 0 Å². The second kappa shape index (κ2) is 6.37. The van der Waals surface area contributed by atoms with Crippen molar-refractivity contribution in [3.05, 3.63) is 34.3 Å². The number of nitrogens with zero attached hydrogens (tertiary/aromatic N) is 1.